The lowest BCUT2D eigenvalue weighted by Crippen LogP contribution is -1.98. The molecule has 0 N–H and O–H groups in total. The van der Waals surface area contributed by atoms with Crippen LogP contribution < -0.4 is 0 Å². The summed E-state index contributed by atoms with van der Waals surface area (Å²) in [6.45, 7) is 0.540. The number of nitrogens with zero attached hydrogens (tertiary/aromatic N) is 5. The Hall–Kier alpha value is -2.53. The number of halogens is 1. The lowest BCUT2D eigenvalue weighted by molar-refractivity contribution is 0.729. The van der Waals surface area contributed by atoms with Crippen molar-refractivity contribution in [1.82, 2.24) is 19.7 Å². The van der Waals surface area contributed by atoms with Gasteiger partial charge in [-0.1, -0.05) is 41.9 Å². The first kappa shape index (κ1) is 13.5. The molecule has 21 heavy (non-hydrogen) atoms. The monoisotopic (exact) mass is 297 g/mol. The highest BCUT2D eigenvalue weighted by Gasteiger charge is 2.06. The Bertz CT molecular complexity index is 738. The van der Waals surface area contributed by atoms with Crippen LogP contribution in [-0.2, 0) is 6.54 Å². The maximum absolute atomic E-state index is 6.05. The Morgan fingerprint density at radius 3 is 2.86 bits per heavy atom. The van der Waals surface area contributed by atoms with Crippen molar-refractivity contribution < 1.29 is 0 Å². The quantitative estimate of drug-likeness (QED) is 0.694. The molecule has 5 nitrogen and oxygen atoms in total. The van der Waals surface area contributed by atoms with Gasteiger partial charge in [0.15, 0.2) is 5.82 Å². The van der Waals surface area contributed by atoms with Crippen LogP contribution in [0.2, 0.25) is 5.02 Å². The maximum Gasteiger partial charge on any atom is 0.159 e. The summed E-state index contributed by atoms with van der Waals surface area (Å²) >= 11 is 6.05. The largest absolute Gasteiger partial charge is 0.248 e. The SMILES string of the molecule is Clc1cnc(/N=C/Cn2cncn2)c(-c2ccccc2)c1. The van der Waals surface area contributed by atoms with Crippen LogP contribution in [-0.4, -0.2) is 26.0 Å². The second-order valence-electron chi connectivity index (χ2n) is 4.32. The van der Waals surface area contributed by atoms with Crippen LogP contribution in [0.15, 0.2) is 60.2 Å². The number of aromatic nitrogens is 4. The molecule has 0 saturated heterocycles. The summed E-state index contributed by atoms with van der Waals surface area (Å²) in [5, 5.41) is 4.60. The topological polar surface area (TPSA) is 56.0 Å². The van der Waals surface area contributed by atoms with E-state index in [0.29, 0.717) is 17.4 Å². The van der Waals surface area contributed by atoms with Gasteiger partial charge in [-0.15, -0.1) is 0 Å². The molecule has 0 atom stereocenters. The van der Waals surface area contributed by atoms with Gasteiger partial charge < -0.3 is 0 Å². The van der Waals surface area contributed by atoms with Crippen molar-refractivity contribution in [2.45, 2.75) is 6.54 Å². The second kappa shape index (κ2) is 6.28. The predicted molar refractivity (Wildman–Crippen MR) is 82.9 cm³/mol. The zero-order valence-corrected chi connectivity index (χ0v) is 11.9. The van der Waals surface area contributed by atoms with Crippen molar-refractivity contribution in [3.8, 4) is 11.1 Å². The fraction of sp³-hybridized carbons (Fsp3) is 0.0667. The van der Waals surface area contributed by atoms with Gasteiger partial charge in [0.05, 0.1) is 11.6 Å². The third-order valence-corrected chi connectivity index (χ3v) is 3.07. The first-order valence-corrected chi connectivity index (χ1v) is 6.76. The molecule has 3 rings (SSSR count). The average Bonchev–Trinajstić information content (AvgIpc) is 3.03. The van der Waals surface area contributed by atoms with Gasteiger partial charge in [-0.2, -0.15) is 5.10 Å². The minimum Gasteiger partial charge on any atom is -0.248 e. The van der Waals surface area contributed by atoms with E-state index in [-0.39, 0.29) is 0 Å². The molecule has 0 aliphatic carbocycles. The lowest BCUT2D eigenvalue weighted by atomic mass is 10.1. The van der Waals surface area contributed by atoms with Crippen molar-refractivity contribution in [1.29, 1.82) is 0 Å². The van der Waals surface area contributed by atoms with Crippen molar-refractivity contribution in [2.24, 2.45) is 4.99 Å². The van der Waals surface area contributed by atoms with Crippen LogP contribution in [0.5, 0.6) is 0 Å². The zero-order valence-electron chi connectivity index (χ0n) is 11.1. The molecule has 6 heteroatoms. The molecule has 0 spiro atoms. The molecule has 0 bridgehead atoms. The Labute approximate surface area is 127 Å². The number of pyridine rings is 1. The van der Waals surface area contributed by atoms with Gasteiger partial charge in [0.25, 0.3) is 0 Å². The summed E-state index contributed by atoms with van der Waals surface area (Å²) in [6.07, 6.45) is 6.47. The van der Waals surface area contributed by atoms with E-state index in [0.717, 1.165) is 11.1 Å². The molecule has 0 fully saturated rings. The molecule has 0 aliphatic rings. The van der Waals surface area contributed by atoms with E-state index < -0.39 is 0 Å². The predicted octanol–water partition coefficient (Wildman–Crippen LogP) is 3.40. The van der Waals surface area contributed by atoms with E-state index in [4.69, 9.17) is 11.6 Å². The van der Waals surface area contributed by atoms with Gasteiger partial charge in [0.1, 0.15) is 12.7 Å². The smallest absolute Gasteiger partial charge is 0.159 e. The fourth-order valence-electron chi connectivity index (χ4n) is 1.90. The molecule has 2 heterocycles. The van der Waals surface area contributed by atoms with E-state index in [9.17, 15) is 0 Å². The Morgan fingerprint density at radius 1 is 1.24 bits per heavy atom. The van der Waals surface area contributed by atoms with E-state index in [1.165, 1.54) is 6.33 Å². The molecule has 1 aromatic carbocycles. The second-order valence-corrected chi connectivity index (χ2v) is 4.76. The number of aliphatic imine (C=N–C) groups is 1. The van der Waals surface area contributed by atoms with Crippen molar-refractivity contribution >= 4 is 23.6 Å². The number of hydrogen-bond donors (Lipinski definition) is 0. The van der Waals surface area contributed by atoms with Gasteiger partial charge >= 0.3 is 0 Å². The van der Waals surface area contributed by atoms with Crippen LogP contribution in [0.4, 0.5) is 5.82 Å². The standard InChI is InChI=1S/C15H12ClN5/c16-13-8-14(12-4-2-1-3-5-12)15(19-9-13)18-6-7-21-11-17-10-20-21/h1-6,8-11H,7H2/b18-6+. The van der Waals surface area contributed by atoms with Crippen molar-refractivity contribution in [2.75, 3.05) is 0 Å². The highest BCUT2D eigenvalue weighted by atomic mass is 35.5. The highest BCUT2D eigenvalue weighted by Crippen LogP contribution is 2.30. The first-order chi connectivity index (χ1) is 10.3. The lowest BCUT2D eigenvalue weighted by Gasteiger charge is -2.05. The number of benzene rings is 1. The molecular formula is C15H12ClN5. The molecule has 0 unspecified atom stereocenters. The van der Waals surface area contributed by atoms with Gasteiger partial charge in [-0.25, -0.2) is 19.6 Å². The van der Waals surface area contributed by atoms with Gasteiger partial charge in [-0.05, 0) is 11.6 Å². The molecule has 0 amide bonds. The molecule has 3 aromatic rings. The summed E-state index contributed by atoms with van der Waals surface area (Å²) < 4.78 is 1.68. The van der Waals surface area contributed by atoms with Crippen LogP contribution in [0.25, 0.3) is 11.1 Å². The summed E-state index contributed by atoms with van der Waals surface area (Å²) in [4.78, 5) is 12.6. The molecule has 0 radical (unpaired) electrons. The highest BCUT2D eigenvalue weighted by molar-refractivity contribution is 6.30. The van der Waals surface area contributed by atoms with Crippen molar-refractivity contribution in [3.63, 3.8) is 0 Å². The van der Waals surface area contributed by atoms with Crippen LogP contribution in [0, 0.1) is 0 Å². The third kappa shape index (κ3) is 3.32. The van der Waals surface area contributed by atoms with Crippen molar-refractivity contribution in [3.05, 3.63) is 60.3 Å². The van der Waals surface area contributed by atoms with E-state index in [1.807, 2.05) is 36.4 Å². The molecule has 2 aromatic heterocycles. The Kier molecular flexibility index (Phi) is 4.02. The normalized spacial score (nSPS) is 11.1. The summed E-state index contributed by atoms with van der Waals surface area (Å²) in [5.41, 5.74) is 1.93. The van der Waals surface area contributed by atoms with Crippen LogP contribution in [0.1, 0.15) is 0 Å². The molecule has 0 aliphatic heterocycles. The minimum atomic E-state index is 0.540. The minimum absolute atomic E-state index is 0.540. The van der Waals surface area contributed by atoms with E-state index >= 15 is 0 Å². The van der Waals surface area contributed by atoms with E-state index in [1.54, 1.807) is 23.4 Å². The molecule has 0 saturated carbocycles. The summed E-state index contributed by atoms with van der Waals surface area (Å²) in [6, 6.07) is 11.8. The molecule has 104 valence electrons. The average molecular weight is 298 g/mol. The first-order valence-electron chi connectivity index (χ1n) is 6.39. The summed E-state index contributed by atoms with van der Waals surface area (Å²) in [7, 11) is 0. The summed E-state index contributed by atoms with van der Waals surface area (Å²) in [5.74, 6) is 0.630. The number of rotatable bonds is 4. The maximum atomic E-state index is 6.05. The number of hydrogen-bond acceptors (Lipinski definition) is 4. The fourth-order valence-corrected chi connectivity index (χ4v) is 2.06. The zero-order chi connectivity index (χ0) is 14.5. The van der Waals surface area contributed by atoms with Crippen LogP contribution >= 0.6 is 11.6 Å². The van der Waals surface area contributed by atoms with Gasteiger partial charge in [0, 0.05) is 18.0 Å². The van der Waals surface area contributed by atoms with Gasteiger partial charge in [-0.3, -0.25) is 0 Å². The van der Waals surface area contributed by atoms with Gasteiger partial charge in [0.2, 0.25) is 0 Å². The van der Waals surface area contributed by atoms with E-state index in [2.05, 4.69) is 20.1 Å². The third-order valence-electron chi connectivity index (χ3n) is 2.87. The molecular weight excluding hydrogens is 286 g/mol. The Morgan fingerprint density at radius 2 is 2.10 bits per heavy atom. The van der Waals surface area contributed by atoms with Crippen LogP contribution in [0.3, 0.4) is 0 Å². The Balaban J connectivity index is 1.90.